The zero-order chi connectivity index (χ0) is 18.0. The van der Waals surface area contributed by atoms with Crippen LogP contribution in [-0.2, 0) is 9.59 Å². The van der Waals surface area contributed by atoms with Crippen LogP contribution in [0.2, 0.25) is 0 Å². The molecule has 2 atom stereocenters. The molecule has 3 rings (SSSR count). The Labute approximate surface area is 148 Å². The molecule has 1 N–H and O–H groups in total. The van der Waals surface area contributed by atoms with Crippen LogP contribution in [0.4, 0.5) is 10.5 Å². The van der Waals surface area contributed by atoms with Crippen molar-refractivity contribution in [1.29, 1.82) is 0 Å². The van der Waals surface area contributed by atoms with Gasteiger partial charge in [-0.1, -0.05) is 32.0 Å². The molecular weight excluding hydrogens is 318 g/mol. The third-order valence-electron chi connectivity index (χ3n) is 5.26. The van der Waals surface area contributed by atoms with Gasteiger partial charge in [0.05, 0.1) is 5.69 Å². The average Bonchev–Trinajstić information content (AvgIpc) is 2.87. The molecule has 2 saturated heterocycles. The minimum absolute atomic E-state index is 0.0137. The van der Waals surface area contributed by atoms with Gasteiger partial charge in [-0.25, -0.2) is 9.69 Å². The molecule has 2 aliphatic rings. The number of urea groups is 1. The summed E-state index contributed by atoms with van der Waals surface area (Å²) in [5, 5.41) is 3.08. The molecule has 0 unspecified atom stereocenters. The topological polar surface area (TPSA) is 69.7 Å². The summed E-state index contributed by atoms with van der Waals surface area (Å²) in [6, 6.07) is 8.21. The monoisotopic (exact) mass is 343 g/mol. The Morgan fingerprint density at radius 3 is 2.52 bits per heavy atom. The zero-order valence-electron chi connectivity index (χ0n) is 14.8. The lowest BCUT2D eigenvalue weighted by Gasteiger charge is -2.33. The largest absolute Gasteiger partial charge is 0.353 e. The first kappa shape index (κ1) is 17.5. The molecule has 0 saturated carbocycles. The number of piperidine rings is 1. The predicted octanol–water partition coefficient (Wildman–Crippen LogP) is 2.54. The highest BCUT2D eigenvalue weighted by molar-refractivity contribution is 6.21. The number of carbonyl (C=O) groups excluding carboxylic acids is 3. The Bertz CT molecular complexity index is 657. The maximum atomic E-state index is 12.8. The Morgan fingerprint density at radius 2 is 1.88 bits per heavy atom. The molecule has 1 aromatic carbocycles. The minimum atomic E-state index is -0.478. The van der Waals surface area contributed by atoms with Crippen molar-refractivity contribution in [3.63, 3.8) is 0 Å². The molecule has 0 bridgehead atoms. The van der Waals surface area contributed by atoms with Gasteiger partial charge in [0, 0.05) is 18.5 Å². The molecule has 4 amide bonds. The first-order valence-corrected chi connectivity index (χ1v) is 9.06. The lowest BCUT2D eigenvalue weighted by molar-refractivity contribution is -0.127. The SMILES string of the molecule is CCC(CC)C(=O)N[C@H]1CCN2C(=O)N(c3ccccc3)C(=O)[C@@H]2C1. The van der Waals surface area contributed by atoms with Gasteiger partial charge in [-0.05, 0) is 37.8 Å². The average molecular weight is 343 g/mol. The molecule has 0 spiro atoms. The van der Waals surface area contributed by atoms with Gasteiger partial charge in [0.15, 0.2) is 0 Å². The van der Waals surface area contributed by atoms with Gasteiger partial charge < -0.3 is 10.2 Å². The quantitative estimate of drug-likeness (QED) is 0.835. The van der Waals surface area contributed by atoms with Crippen molar-refractivity contribution in [2.75, 3.05) is 11.4 Å². The molecule has 25 heavy (non-hydrogen) atoms. The lowest BCUT2D eigenvalue weighted by atomic mass is 9.96. The van der Waals surface area contributed by atoms with Crippen molar-refractivity contribution in [3.8, 4) is 0 Å². The third kappa shape index (κ3) is 3.25. The molecule has 0 aliphatic carbocycles. The number of imide groups is 1. The van der Waals surface area contributed by atoms with Crippen molar-refractivity contribution >= 4 is 23.5 Å². The second-order valence-electron chi connectivity index (χ2n) is 6.74. The van der Waals surface area contributed by atoms with E-state index in [1.54, 1.807) is 17.0 Å². The molecule has 6 nitrogen and oxygen atoms in total. The van der Waals surface area contributed by atoms with Crippen molar-refractivity contribution < 1.29 is 14.4 Å². The second kappa shape index (κ2) is 7.25. The standard InChI is InChI=1S/C19H25N3O3/c1-3-13(4-2)17(23)20-14-10-11-21-16(12-14)18(24)22(19(21)25)15-8-6-5-7-9-15/h5-9,13-14,16H,3-4,10-12H2,1-2H3,(H,20,23)/t14-,16-/m0/s1. The fraction of sp³-hybridized carbons (Fsp3) is 0.526. The second-order valence-corrected chi connectivity index (χ2v) is 6.74. The van der Waals surface area contributed by atoms with Gasteiger partial charge in [-0.15, -0.1) is 0 Å². The number of benzene rings is 1. The van der Waals surface area contributed by atoms with Crippen molar-refractivity contribution in [2.45, 2.75) is 51.6 Å². The predicted molar refractivity (Wildman–Crippen MR) is 95.1 cm³/mol. The number of anilines is 1. The van der Waals surface area contributed by atoms with E-state index in [-0.39, 0.29) is 29.8 Å². The van der Waals surface area contributed by atoms with Crippen LogP contribution >= 0.6 is 0 Å². The number of para-hydroxylation sites is 1. The molecule has 2 aliphatic heterocycles. The maximum Gasteiger partial charge on any atom is 0.332 e. The van der Waals surface area contributed by atoms with E-state index in [0.717, 1.165) is 12.8 Å². The number of nitrogens with zero attached hydrogens (tertiary/aromatic N) is 2. The number of rotatable bonds is 5. The Balaban J connectivity index is 1.70. The van der Waals surface area contributed by atoms with Crippen LogP contribution in [0.25, 0.3) is 0 Å². The van der Waals surface area contributed by atoms with Crippen LogP contribution in [0.5, 0.6) is 0 Å². The molecule has 6 heteroatoms. The van der Waals surface area contributed by atoms with Gasteiger partial charge in [-0.2, -0.15) is 0 Å². The minimum Gasteiger partial charge on any atom is -0.353 e. The highest BCUT2D eigenvalue weighted by Gasteiger charge is 2.48. The third-order valence-corrected chi connectivity index (χ3v) is 5.26. The number of nitrogens with one attached hydrogen (secondary N) is 1. The van der Waals surface area contributed by atoms with Crippen LogP contribution in [0.15, 0.2) is 30.3 Å². The fourth-order valence-corrected chi connectivity index (χ4v) is 3.72. The Kier molecular flexibility index (Phi) is 5.06. The maximum absolute atomic E-state index is 12.8. The molecule has 2 fully saturated rings. The molecule has 134 valence electrons. The van der Waals surface area contributed by atoms with Crippen molar-refractivity contribution in [1.82, 2.24) is 10.2 Å². The van der Waals surface area contributed by atoms with E-state index in [2.05, 4.69) is 5.32 Å². The summed E-state index contributed by atoms with van der Waals surface area (Å²) in [7, 11) is 0. The van der Waals surface area contributed by atoms with Crippen LogP contribution in [0, 0.1) is 5.92 Å². The summed E-state index contributed by atoms with van der Waals surface area (Å²) in [4.78, 5) is 40.6. The summed E-state index contributed by atoms with van der Waals surface area (Å²) in [5.74, 6) is -0.127. The highest BCUT2D eigenvalue weighted by atomic mass is 16.2. The number of hydrogen-bond acceptors (Lipinski definition) is 3. The Morgan fingerprint density at radius 1 is 1.20 bits per heavy atom. The van der Waals surface area contributed by atoms with Gasteiger partial charge in [0.1, 0.15) is 6.04 Å². The molecule has 0 aromatic heterocycles. The number of carbonyl (C=O) groups is 3. The van der Waals surface area contributed by atoms with Crippen LogP contribution < -0.4 is 10.2 Å². The summed E-state index contributed by atoms with van der Waals surface area (Å²) < 4.78 is 0. The van der Waals surface area contributed by atoms with E-state index in [1.807, 2.05) is 32.0 Å². The highest BCUT2D eigenvalue weighted by Crippen LogP contribution is 2.30. The Hall–Kier alpha value is -2.37. The van der Waals surface area contributed by atoms with Gasteiger partial charge >= 0.3 is 6.03 Å². The molecule has 2 heterocycles. The van der Waals surface area contributed by atoms with Crippen molar-refractivity contribution in [2.24, 2.45) is 5.92 Å². The lowest BCUT2D eigenvalue weighted by Crippen LogP contribution is -2.50. The fourth-order valence-electron chi connectivity index (χ4n) is 3.72. The van der Waals surface area contributed by atoms with E-state index in [0.29, 0.717) is 25.1 Å². The van der Waals surface area contributed by atoms with Crippen molar-refractivity contribution in [3.05, 3.63) is 30.3 Å². The van der Waals surface area contributed by atoms with E-state index >= 15 is 0 Å². The van der Waals surface area contributed by atoms with E-state index in [9.17, 15) is 14.4 Å². The summed E-state index contributed by atoms with van der Waals surface area (Å²) in [6.45, 7) is 4.51. The smallest absolute Gasteiger partial charge is 0.332 e. The van der Waals surface area contributed by atoms with Gasteiger partial charge in [-0.3, -0.25) is 9.59 Å². The molecule has 0 radical (unpaired) electrons. The van der Waals surface area contributed by atoms with Gasteiger partial charge in [0.2, 0.25) is 5.91 Å². The summed E-state index contributed by atoms with van der Waals surface area (Å²) >= 11 is 0. The normalized spacial score (nSPS) is 23.2. The number of hydrogen-bond donors (Lipinski definition) is 1. The van der Waals surface area contributed by atoms with E-state index in [1.165, 1.54) is 4.90 Å². The van der Waals surface area contributed by atoms with E-state index < -0.39 is 6.04 Å². The van der Waals surface area contributed by atoms with E-state index in [4.69, 9.17) is 0 Å². The number of amides is 4. The van der Waals surface area contributed by atoms with Crippen LogP contribution in [0.1, 0.15) is 39.5 Å². The van der Waals surface area contributed by atoms with Crippen LogP contribution in [0.3, 0.4) is 0 Å². The van der Waals surface area contributed by atoms with Crippen LogP contribution in [-0.4, -0.2) is 41.4 Å². The first-order valence-electron chi connectivity index (χ1n) is 9.06. The zero-order valence-corrected chi connectivity index (χ0v) is 14.8. The first-order chi connectivity index (χ1) is 12.1. The number of fused-ring (bicyclic) bond motifs is 1. The summed E-state index contributed by atoms with van der Waals surface area (Å²) in [5.41, 5.74) is 0.601. The summed E-state index contributed by atoms with van der Waals surface area (Å²) in [6.07, 6.45) is 2.79. The molecular formula is C19H25N3O3. The molecule has 1 aromatic rings. The van der Waals surface area contributed by atoms with Gasteiger partial charge in [0.25, 0.3) is 5.91 Å².